The number of nitrogens with two attached hydrogens (primary N) is 1. The molecule has 5 rings (SSSR count). The van der Waals surface area contributed by atoms with Gasteiger partial charge in [0.25, 0.3) is 5.91 Å². The van der Waals surface area contributed by atoms with Crippen LogP contribution in [0.4, 0.5) is 13.2 Å². The highest BCUT2D eigenvalue weighted by molar-refractivity contribution is 8.04. The minimum atomic E-state index is -4.60. The fraction of sp³-hybridized carbons (Fsp3) is 0.364. The summed E-state index contributed by atoms with van der Waals surface area (Å²) in [6.45, 7) is 1.70. The number of H-pyrrole nitrogens is 1. The summed E-state index contributed by atoms with van der Waals surface area (Å²) in [5.41, 5.74) is 7.04. The predicted molar refractivity (Wildman–Crippen MR) is 118 cm³/mol. The van der Waals surface area contributed by atoms with Crippen LogP contribution in [0.25, 0.3) is 22.3 Å². The van der Waals surface area contributed by atoms with Gasteiger partial charge in [-0.1, -0.05) is 23.9 Å². The maximum absolute atomic E-state index is 14.3. The molecule has 33 heavy (non-hydrogen) atoms. The van der Waals surface area contributed by atoms with E-state index in [1.54, 1.807) is 17.9 Å². The summed E-state index contributed by atoms with van der Waals surface area (Å²) in [6, 6.07) is 3.51. The highest BCUT2D eigenvalue weighted by atomic mass is 32.2. The molecule has 2 unspecified atom stereocenters. The van der Waals surface area contributed by atoms with Crippen LogP contribution in [0.1, 0.15) is 49.8 Å². The number of rotatable bonds is 4. The highest BCUT2D eigenvalue weighted by Crippen LogP contribution is 2.50. The second kappa shape index (κ2) is 8.05. The van der Waals surface area contributed by atoms with Crippen molar-refractivity contribution in [1.82, 2.24) is 25.1 Å². The van der Waals surface area contributed by atoms with Crippen molar-refractivity contribution in [2.45, 2.75) is 50.2 Å². The molecule has 0 saturated carbocycles. The molecule has 2 aliphatic rings. The number of halogens is 3. The second-order valence-electron chi connectivity index (χ2n) is 8.19. The minimum Gasteiger partial charge on any atom is -0.367 e. The fourth-order valence-electron chi connectivity index (χ4n) is 4.69. The Labute approximate surface area is 191 Å². The maximum Gasteiger partial charge on any atom is 0.416 e. The van der Waals surface area contributed by atoms with Gasteiger partial charge in [-0.05, 0) is 44.2 Å². The number of aromatic nitrogens is 4. The number of alkyl halides is 3. The number of carbonyl (C=O) groups excluding carboxylic acids is 1. The number of benzene rings is 1. The Kier molecular flexibility index (Phi) is 5.31. The number of amides is 1. The van der Waals surface area contributed by atoms with Crippen molar-refractivity contribution < 1.29 is 18.0 Å². The number of nitrogens with one attached hydrogen (secondary N) is 1. The van der Waals surface area contributed by atoms with Crippen molar-refractivity contribution in [3.63, 3.8) is 0 Å². The van der Waals surface area contributed by atoms with E-state index in [0.717, 1.165) is 42.4 Å². The largest absolute Gasteiger partial charge is 0.416 e. The van der Waals surface area contributed by atoms with Crippen LogP contribution in [0.5, 0.6) is 0 Å². The first kappa shape index (κ1) is 21.7. The molecule has 3 aromatic rings. The molecule has 0 radical (unpaired) electrons. The van der Waals surface area contributed by atoms with Crippen molar-refractivity contribution in [2.75, 3.05) is 0 Å². The molecule has 3 heterocycles. The van der Waals surface area contributed by atoms with E-state index in [2.05, 4.69) is 20.2 Å². The van der Waals surface area contributed by atoms with Crippen LogP contribution >= 0.6 is 11.8 Å². The molecule has 1 aliphatic carbocycles. The zero-order chi connectivity index (χ0) is 23.3. The van der Waals surface area contributed by atoms with Crippen molar-refractivity contribution in [1.29, 1.82) is 0 Å². The minimum absolute atomic E-state index is 0.0925. The van der Waals surface area contributed by atoms with Crippen molar-refractivity contribution >= 4 is 28.7 Å². The van der Waals surface area contributed by atoms with Crippen LogP contribution in [-0.4, -0.2) is 36.3 Å². The van der Waals surface area contributed by atoms with Gasteiger partial charge in [0.15, 0.2) is 11.0 Å². The lowest BCUT2D eigenvalue weighted by molar-refractivity contribution is -0.138. The molecule has 0 spiro atoms. The zero-order valence-corrected chi connectivity index (χ0v) is 18.5. The molecule has 1 amide bonds. The average molecular weight is 475 g/mol. The lowest BCUT2D eigenvalue weighted by Crippen LogP contribution is -2.41. The first-order chi connectivity index (χ1) is 15.8. The Hall–Kier alpha value is -3.08. The lowest BCUT2D eigenvalue weighted by atomic mass is 9.94. The van der Waals surface area contributed by atoms with Gasteiger partial charge >= 0.3 is 6.18 Å². The van der Waals surface area contributed by atoms with Gasteiger partial charge in [-0.2, -0.15) is 18.3 Å². The summed E-state index contributed by atoms with van der Waals surface area (Å²) in [7, 11) is 0. The molecule has 2 atom stereocenters. The van der Waals surface area contributed by atoms with Gasteiger partial charge < -0.3 is 10.6 Å². The first-order valence-electron chi connectivity index (χ1n) is 10.6. The molecule has 0 fully saturated rings. The zero-order valence-electron chi connectivity index (χ0n) is 17.7. The van der Waals surface area contributed by atoms with Gasteiger partial charge in [0, 0.05) is 16.2 Å². The third-order valence-electron chi connectivity index (χ3n) is 6.20. The summed E-state index contributed by atoms with van der Waals surface area (Å²) < 4.78 is 42.8. The highest BCUT2D eigenvalue weighted by Gasteiger charge is 2.42. The summed E-state index contributed by atoms with van der Waals surface area (Å²) in [5.74, 6) is -0.547. The second-order valence-corrected chi connectivity index (χ2v) is 9.36. The van der Waals surface area contributed by atoms with Crippen LogP contribution < -0.4 is 5.73 Å². The molecule has 2 aromatic heterocycles. The Morgan fingerprint density at radius 1 is 1.27 bits per heavy atom. The monoisotopic (exact) mass is 474 g/mol. The number of carbonyl (C=O) groups is 1. The third-order valence-corrected chi connectivity index (χ3v) is 7.61. The number of nitrogens with zero attached hydrogens (tertiary/aromatic N) is 4. The maximum atomic E-state index is 14.3. The third kappa shape index (κ3) is 3.73. The van der Waals surface area contributed by atoms with E-state index < -0.39 is 29.1 Å². The van der Waals surface area contributed by atoms with Crippen LogP contribution in [0.3, 0.4) is 0 Å². The molecule has 172 valence electrons. The normalized spacial score (nSPS) is 19.8. The van der Waals surface area contributed by atoms with E-state index in [1.807, 2.05) is 0 Å². The van der Waals surface area contributed by atoms with Crippen molar-refractivity contribution in [2.24, 2.45) is 5.73 Å². The number of primary amides is 1. The molecule has 11 heteroatoms. The summed E-state index contributed by atoms with van der Waals surface area (Å²) in [4.78, 5) is 23.3. The van der Waals surface area contributed by atoms with Gasteiger partial charge in [0.05, 0.1) is 28.9 Å². The summed E-state index contributed by atoms with van der Waals surface area (Å²) in [6.07, 6.45) is 1.68. The van der Waals surface area contributed by atoms with E-state index in [4.69, 9.17) is 5.73 Å². The van der Waals surface area contributed by atoms with Crippen LogP contribution in [-0.2, 0) is 11.0 Å². The summed E-state index contributed by atoms with van der Waals surface area (Å²) in [5, 5.41) is 6.44. The Bertz CT molecular complexity index is 1270. The predicted octanol–water partition coefficient (Wildman–Crippen LogP) is 4.75. The van der Waals surface area contributed by atoms with E-state index >= 15 is 0 Å². The van der Waals surface area contributed by atoms with Gasteiger partial charge in [-0.25, -0.2) is 9.97 Å². The van der Waals surface area contributed by atoms with Gasteiger partial charge in [0.2, 0.25) is 0 Å². The average Bonchev–Trinajstić information content (AvgIpc) is 3.42. The molecule has 1 aromatic carbocycles. The smallest absolute Gasteiger partial charge is 0.367 e. The molecule has 0 saturated heterocycles. The van der Waals surface area contributed by atoms with Gasteiger partial charge in [-0.15, -0.1) is 0 Å². The molecule has 7 nitrogen and oxygen atoms in total. The molecular weight excluding hydrogens is 453 g/mol. The van der Waals surface area contributed by atoms with Crippen molar-refractivity contribution in [3.8, 4) is 11.3 Å². The Morgan fingerprint density at radius 3 is 2.82 bits per heavy atom. The molecule has 3 N–H and O–H groups in total. The fourth-order valence-corrected chi connectivity index (χ4v) is 6.10. The van der Waals surface area contributed by atoms with Crippen molar-refractivity contribution in [3.05, 3.63) is 52.5 Å². The van der Waals surface area contributed by atoms with E-state index in [-0.39, 0.29) is 5.56 Å². The molecule has 1 aliphatic heterocycles. The Morgan fingerprint density at radius 2 is 2.06 bits per heavy atom. The topological polar surface area (TPSA) is 101 Å². The standard InChI is InChI=1S/C22H21F3N6OS/c1-11(31-16-4-2-3-5-17(16)33-21(31)19(26)32)13-7-6-12(8-15(13)22(23,24)25)18-14-9-29-30-20(14)28-10-27-18/h6-11,21H,2-5H2,1H3,(H2,26,32)(H,27,28,29,30). The lowest BCUT2D eigenvalue weighted by Gasteiger charge is -2.35. The number of hydrogen-bond acceptors (Lipinski definition) is 6. The number of hydrogen-bond donors (Lipinski definition) is 2. The molecule has 0 bridgehead atoms. The number of allylic oxidation sites excluding steroid dienone is 2. The summed E-state index contributed by atoms with van der Waals surface area (Å²) >= 11 is 1.37. The van der Waals surface area contributed by atoms with Crippen LogP contribution in [0.15, 0.2) is 41.3 Å². The number of thioether (sulfide) groups is 1. The van der Waals surface area contributed by atoms with Crippen LogP contribution in [0.2, 0.25) is 0 Å². The van der Waals surface area contributed by atoms with E-state index in [1.165, 1.54) is 30.4 Å². The van der Waals surface area contributed by atoms with Crippen LogP contribution in [0, 0.1) is 0 Å². The van der Waals surface area contributed by atoms with Gasteiger partial charge in [0.1, 0.15) is 6.33 Å². The van der Waals surface area contributed by atoms with E-state index in [0.29, 0.717) is 22.3 Å². The SMILES string of the molecule is CC(c1ccc(-c2ncnc3[nH]ncc23)cc1C(F)(F)F)N1C2=C(CCCC2)SC1C(N)=O. The number of fused-ring (bicyclic) bond motifs is 1. The number of aromatic amines is 1. The first-order valence-corrected chi connectivity index (χ1v) is 11.5. The van der Waals surface area contributed by atoms with Gasteiger partial charge in [-0.3, -0.25) is 9.89 Å². The molecular formula is C22H21F3N6OS. The quantitative estimate of drug-likeness (QED) is 0.566. The van der Waals surface area contributed by atoms with E-state index in [9.17, 15) is 18.0 Å². The Balaban J connectivity index is 1.61.